The zero-order valence-corrected chi connectivity index (χ0v) is 11.7. The van der Waals surface area contributed by atoms with Gasteiger partial charge in [-0.1, -0.05) is 0 Å². The number of rotatable bonds is 3. The minimum atomic E-state index is -0.0217. The van der Waals surface area contributed by atoms with Crippen LogP contribution in [0.3, 0.4) is 0 Å². The standard InChI is InChI=1S/C14H25N3O2/c1-15-13-9-19-8-12(13)14(18)16-10-4-6-17-5-2-3-11(17)7-10/h10-13,15H,2-9H2,1H3,(H,16,18). The summed E-state index contributed by atoms with van der Waals surface area (Å²) in [7, 11) is 1.90. The van der Waals surface area contributed by atoms with E-state index in [-0.39, 0.29) is 17.9 Å². The van der Waals surface area contributed by atoms with Crippen LogP contribution in [0.25, 0.3) is 0 Å². The highest BCUT2D eigenvalue weighted by Crippen LogP contribution is 2.27. The molecule has 0 saturated carbocycles. The highest BCUT2D eigenvalue weighted by molar-refractivity contribution is 5.80. The van der Waals surface area contributed by atoms with Crippen LogP contribution in [-0.2, 0) is 9.53 Å². The summed E-state index contributed by atoms with van der Waals surface area (Å²) in [5, 5.41) is 6.43. The topological polar surface area (TPSA) is 53.6 Å². The molecular weight excluding hydrogens is 242 g/mol. The summed E-state index contributed by atoms with van der Waals surface area (Å²) in [6, 6.07) is 1.25. The fourth-order valence-electron chi connectivity index (χ4n) is 3.76. The molecule has 2 N–H and O–H groups in total. The summed E-state index contributed by atoms with van der Waals surface area (Å²) in [4.78, 5) is 14.9. The number of nitrogens with zero attached hydrogens (tertiary/aromatic N) is 1. The minimum absolute atomic E-state index is 0.0217. The van der Waals surface area contributed by atoms with Crippen molar-refractivity contribution in [2.75, 3.05) is 33.4 Å². The van der Waals surface area contributed by atoms with Gasteiger partial charge >= 0.3 is 0 Å². The lowest BCUT2D eigenvalue weighted by Gasteiger charge is -2.35. The molecule has 3 aliphatic heterocycles. The molecule has 0 bridgehead atoms. The van der Waals surface area contributed by atoms with Crippen LogP contribution >= 0.6 is 0 Å². The predicted molar refractivity (Wildman–Crippen MR) is 72.9 cm³/mol. The molecule has 0 aromatic rings. The maximum Gasteiger partial charge on any atom is 0.227 e. The third-order valence-corrected chi connectivity index (χ3v) is 4.95. The third-order valence-electron chi connectivity index (χ3n) is 4.95. The van der Waals surface area contributed by atoms with E-state index in [1.54, 1.807) is 0 Å². The molecule has 3 saturated heterocycles. The van der Waals surface area contributed by atoms with Gasteiger partial charge in [0, 0.05) is 24.7 Å². The van der Waals surface area contributed by atoms with Crippen molar-refractivity contribution in [2.45, 2.75) is 43.8 Å². The van der Waals surface area contributed by atoms with Crippen LogP contribution in [0.5, 0.6) is 0 Å². The van der Waals surface area contributed by atoms with Gasteiger partial charge in [-0.3, -0.25) is 4.79 Å². The molecule has 0 aromatic carbocycles. The highest BCUT2D eigenvalue weighted by atomic mass is 16.5. The molecule has 0 aliphatic carbocycles. The van der Waals surface area contributed by atoms with Gasteiger partial charge in [0.25, 0.3) is 0 Å². The molecule has 1 amide bonds. The van der Waals surface area contributed by atoms with Gasteiger partial charge < -0.3 is 20.3 Å². The second kappa shape index (κ2) is 5.77. The average Bonchev–Trinajstić information content (AvgIpc) is 3.06. The van der Waals surface area contributed by atoms with Crippen LogP contribution in [0.4, 0.5) is 0 Å². The van der Waals surface area contributed by atoms with Crippen molar-refractivity contribution in [3.05, 3.63) is 0 Å². The van der Waals surface area contributed by atoms with Gasteiger partial charge in [-0.15, -0.1) is 0 Å². The normalized spacial score (nSPS) is 39.2. The minimum Gasteiger partial charge on any atom is -0.379 e. The summed E-state index contributed by atoms with van der Waals surface area (Å²) in [6.07, 6.45) is 4.85. The molecule has 0 radical (unpaired) electrons. The summed E-state index contributed by atoms with van der Waals surface area (Å²) < 4.78 is 5.41. The second-order valence-electron chi connectivity index (χ2n) is 6.10. The second-order valence-corrected chi connectivity index (χ2v) is 6.10. The van der Waals surface area contributed by atoms with Crippen LogP contribution in [-0.4, -0.2) is 62.3 Å². The highest BCUT2D eigenvalue weighted by Gasteiger charge is 2.36. The summed E-state index contributed by atoms with van der Waals surface area (Å²) in [5.41, 5.74) is 0. The Morgan fingerprint density at radius 2 is 2.16 bits per heavy atom. The van der Waals surface area contributed by atoms with Crippen molar-refractivity contribution in [3.63, 3.8) is 0 Å². The monoisotopic (exact) mass is 267 g/mol. The fraction of sp³-hybridized carbons (Fsp3) is 0.929. The van der Waals surface area contributed by atoms with Gasteiger partial charge in [-0.2, -0.15) is 0 Å². The Hall–Kier alpha value is -0.650. The molecule has 4 unspecified atom stereocenters. The average molecular weight is 267 g/mol. The van der Waals surface area contributed by atoms with E-state index in [0.29, 0.717) is 25.3 Å². The molecule has 5 nitrogen and oxygen atoms in total. The van der Waals surface area contributed by atoms with Gasteiger partial charge in [0.05, 0.1) is 19.1 Å². The Morgan fingerprint density at radius 3 is 3.00 bits per heavy atom. The molecule has 0 spiro atoms. The van der Waals surface area contributed by atoms with Crippen LogP contribution in [0, 0.1) is 5.92 Å². The first-order valence-corrected chi connectivity index (χ1v) is 7.57. The number of ether oxygens (including phenoxy) is 1. The molecule has 0 aromatic heterocycles. The van der Waals surface area contributed by atoms with Crippen molar-refractivity contribution in [1.82, 2.24) is 15.5 Å². The van der Waals surface area contributed by atoms with Crippen molar-refractivity contribution in [2.24, 2.45) is 5.92 Å². The molecule has 3 aliphatic rings. The van der Waals surface area contributed by atoms with Crippen molar-refractivity contribution in [3.8, 4) is 0 Å². The van der Waals surface area contributed by atoms with Crippen LogP contribution < -0.4 is 10.6 Å². The van der Waals surface area contributed by atoms with Gasteiger partial charge in [-0.25, -0.2) is 0 Å². The largest absolute Gasteiger partial charge is 0.379 e. The Labute approximate surface area is 115 Å². The Morgan fingerprint density at radius 1 is 1.26 bits per heavy atom. The van der Waals surface area contributed by atoms with Crippen LogP contribution in [0.15, 0.2) is 0 Å². The number of hydrogen-bond acceptors (Lipinski definition) is 4. The first-order valence-electron chi connectivity index (χ1n) is 7.57. The predicted octanol–water partition coefficient (Wildman–Crippen LogP) is -0.0362. The lowest BCUT2D eigenvalue weighted by Crippen LogP contribution is -2.51. The Bertz CT molecular complexity index is 337. The molecule has 108 valence electrons. The number of piperidine rings is 1. The maximum atomic E-state index is 12.3. The van der Waals surface area contributed by atoms with Gasteiger partial charge in [0.2, 0.25) is 5.91 Å². The lowest BCUT2D eigenvalue weighted by molar-refractivity contribution is -0.126. The van der Waals surface area contributed by atoms with Gasteiger partial charge in [-0.05, 0) is 39.3 Å². The SMILES string of the molecule is CNC1COCC1C(=O)NC1CCN2CCCC2C1. The lowest BCUT2D eigenvalue weighted by atomic mass is 9.96. The van der Waals surface area contributed by atoms with E-state index in [0.717, 1.165) is 19.4 Å². The number of nitrogens with one attached hydrogen (secondary N) is 2. The number of hydrogen-bond donors (Lipinski definition) is 2. The van der Waals surface area contributed by atoms with E-state index in [4.69, 9.17) is 4.74 Å². The zero-order valence-electron chi connectivity index (χ0n) is 11.7. The number of carbonyl (C=O) groups is 1. The van der Waals surface area contributed by atoms with Gasteiger partial charge in [0.15, 0.2) is 0 Å². The Kier molecular flexibility index (Phi) is 4.05. The van der Waals surface area contributed by atoms with E-state index in [9.17, 15) is 4.79 Å². The molecule has 3 rings (SSSR count). The number of amides is 1. The van der Waals surface area contributed by atoms with Crippen LogP contribution in [0.2, 0.25) is 0 Å². The molecular formula is C14H25N3O2. The smallest absolute Gasteiger partial charge is 0.227 e. The molecule has 3 heterocycles. The van der Waals surface area contributed by atoms with Crippen molar-refractivity contribution < 1.29 is 9.53 Å². The van der Waals surface area contributed by atoms with E-state index >= 15 is 0 Å². The van der Waals surface area contributed by atoms with E-state index in [1.165, 1.54) is 19.4 Å². The van der Waals surface area contributed by atoms with Crippen molar-refractivity contribution >= 4 is 5.91 Å². The third kappa shape index (κ3) is 2.78. The van der Waals surface area contributed by atoms with Crippen LogP contribution in [0.1, 0.15) is 25.7 Å². The van der Waals surface area contributed by atoms with Gasteiger partial charge in [0.1, 0.15) is 0 Å². The summed E-state index contributed by atoms with van der Waals surface area (Å²) in [5.74, 6) is 0.153. The Balaban J connectivity index is 1.52. The maximum absolute atomic E-state index is 12.3. The fourth-order valence-corrected chi connectivity index (χ4v) is 3.76. The molecule has 19 heavy (non-hydrogen) atoms. The number of carbonyl (C=O) groups excluding carboxylic acids is 1. The summed E-state index contributed by atoms with van der Waals surface area (Å²) in [6.45, 7) is 3.60. The van der Waals surface area contributed by atoms with Crippen molar-refractivity contribution in [1.29, 1.82) is 0 Å². The van der Waals surface area contributed by atoms with E-state index in [1.807, 2.05) is 7.05 Å². The first kappa shape index (κ1) is 13.3. The molecule has 5 heteroatoms. The first-order chi connectivity index (χ1) is 9.28. The zero-order chi connectivity index (χ0) is 13.2. The number of likely N-dealkylation sites (N-methyl/N-ethyl adjacent to an activating group) is 1. The molecule has 3 fully saturated rings. The quantitative estimate of drug-likeness (QED) is 0.754. The van der Waals surface area contributed by atoms with E-state index < -0.39 is 0 Å². The molecule has 4 atom stereocenters. The number of fused-ring (bicyclic) bond motifs is 1. The summed E-state index contributed by atoms with van der Waals surface area (Å²) >= 11 is 0. The van der Waals surface area contributed by atoms with E-state index in [2.05, 4.69) is 15.5 Å².